The zero-order valence-corrected chi connectivity index (χ0v) is 10.6. The number of likely N-dealkylation sites (tertiary alicyclic amines) is 1. The first kappa shape index (κ1) is 13.9. The van der Waals surface area contributed by atoms with Crippen molar-refractivity contribution in [3.63, 3.8) is 0 Å². The fourth-order valence-corrected chi connectivity index (χ4v) is 2.62. The van der Waals surface area contributed by atoms with Gasteiger partial charge in [0, 0.05) is 24.2 Å². The topological polar surface area (TPSA) is 66.6 Å². The van der Waals surface area contributed by atoms with Gasteiger partial charge in [-0.05, 0) is 32.0 Å². The lowest BCUT2D eigenvalue weighted by molar-refractivity contribution is 0.0691. The number of nitrogens with zero attached hydrogens (tertiary/aromatic N) is 1. The van der Waals surface area contributed by atoms with Crippen LogP contribution in [0.25, 0.3) is 0 Å². The normalized spacial score (nSPS) is 23.8. The third kappa shape index (κ3) is 2.59. The van der Waals surface area contributed by atoms with Crippen molar-refractivity contribution >= 4 is 5.97 Å². The molecule has 1 heterocycles. The monoisotopic (exact) mass is 270 g/mol. The van der Waals surface area contributed by atoms with E-state index in [1.54, 1.807) is 0 Å². The van der Waals surface area contributed by atoms with Crippen molar-refractivity contribution in [2.75, 3.05) is 20.1 Å². The second-order valence-corrected chi connectivity index (χ2v) is 4.95. The van der Waals surface area contributed by atoms with Crippen molar-refractivity contribution < 1.29 is 18.7 Å². The first-order chi connectivity index (χ1) is 8.93. The molecule has 1 aliphatic rings. The molecule has 6 heteroatoms. The van der Waals surface area contributed by atoms with Crippen molar-refractivity contribution in [1.82, 2.24) is 4.90 Å². The van der Waals surface area contributed by atoms with Gasteiger partial charge in [-0.3, -0.25) is 4.90 Å². The van der Waals surface area contributed by atoms with E-state index in [4.69, 9.17) is 10.8 Å². The fourth-order valence-electron chi connectivity index (χ4n) is 2.62. The molecule has 0 amide bonds. The van der Waals surface area contributed by atoms with Crippen molar-refractivity contribution in [2.45, 2.75) is 12.5 Å². The molecule has 0 aromatic heterocycles. The van der Waals surface area contributed by atoms with Gasteiger partial charge in [-0.1, -0.05) is 0 Å². The molecule has 1 saturated heterocycles. The summed E-state index contributed by atoms with van der Waals surface area (Å²) in [6.45, 7) is 1.22. The van der Waals surface area contributed by atoms with E-state index in [0.717, 1.165) is 12.6 Å². The molecule has 1 fully saturated rings. The largest absolute Gasteiger partial charge is 0.478 e. The highest BCUT2D eigenvalue weighted by Crippen LogP contribution is 2.35. The molecule has 1 aliphatic heterocycles. The first-order valence-corrected chi connectivity index (χ1v) is 6.06. The van der Waals surface area contributed by atoms with E-state index < -0.39 is 23.2 Å². The number of nitrogens with two attached hydrogens (primary N) is 1. The summed E-state index contributed by atoms with van der Waals surface area (Å²) in [4.78, 5) is 12.8. The van der Waals surface area contributed by atoms with Gasteiger partial charge in [-0.15, -0.1) is 0 Å². The number of aromatic carboxylic acids is 1. The second kappa shape index (κ2) is 5.22. The van der Waals surface area contributed by atoms with Crippen LogP contribution in [0.15, 0.2) is 12.1 Å². The average molecular weight is 270 g/mol. The van der Waals surface area contributed by atoms with Gasteiger partial charge in [0.15, 0.2) is 0 Å². The molecule has 4 nitrogen and oxygen atoms in total. The Morgan fingerprint density at radius 1 is 1.47 bits per heavy atom. The van der Waals surface area contributed by atoms with Crippen LogP contribution in [-0.2, 0) is 0 Å². The number of halogens is 2. The summed E-state index contributed by atoms with van der Waals surface area (Å²) >= 11 is 0. The van der Waals surface area contributed by atoms with Crippen LogP contribution < -0.4 is 5.73 Å². The summed E-state index contributed by atoms with van der Waals surface area (Å²) in [5, 5.41) is 8.89. The zero-order chi connectivity index (χ0) is 14.2. The van der Waals surface area contributed by atoms with Gasteiger partial charge in [0.25, 0.3) is 0 Å². The molecular weight excluding hydrogens is 254 g/mol. The summed E-state index contributed by atoms with van der Waals surface area (Å²) in [6.07, 6.45) is 0.647. The van der Waals surface area contributed by atoms with Gasteiger partial charge in [-0.2, -0.15) is 0 Å². The minimum atomic E-state index is -1.39. The van der Waals surface area contributed by atoms with Crippen molar-refractivity contribution in [2.24, 2.45) is 11.7 Å². The summed E-state index contributed by atoms with van der Waals surface area (Å²) in [7, 11) is 1.82. The first-order valence-electron chi connectivity index (χ1n) is 6.06. The maximum Gasteiger partial charge on any atom is 0.338 e. The number of benzene rings is 1. The number of carbonyl (C=O) groups is 1. The SMILES string of the molecule is CN1CC(CN)CC1c1cc(C(=O)O)c(F)cc1F. The van der Waals surface area contributed by atoms with Gasteiger partial charge in [0.05, 0.1) is 5.56 Å². The molecule has 0 radical (unpaired) electrons. The quantitative estimate of drug-likeness (QED) is 0.875. The predicted octanol–water partition coefficient (Wildman–Crippen LogP) is 1.61. The Hall–Kier alpha value is -1.53. The minimum absolute atomic E-state index is 0.220. The number of hydrogen-bond donors (Lipinski definition) is 2. The molecule has 104 valence electrons. The van der Waals surface area contributed by atoms with Crippen LogP contribution in [0.3, 0.4) is 0 Å². The maximum atomic E-state index is 13.9. The van der Waals surface area contributed by atoms with Crippen LogP contribution in [-0.4, -0.2) is 36.1 Å². The van der Waals surface area contributed by atoms with Crippen molar-refractivity contribution in [3.05, 3.63) is 34.9 Å². The van der Waals surface area contributed by atoms with E-state index >= 15 is 0 Å². The Labute approximate surface area is 109 Å². The summed E-state index contributed by atoms with van der Waals surface area (Å²) in [5.41, 5.74) is 5.32. The average Bonchev–Trinajstić information content (AvgIpc) is 2.70. The zero-order valence-electron chi connectivity index (χ0n) is 10.6. The Kier molecular flexibility index (Phi) is 3.82. The van der Waals surface area contributed by atoms with E-state index in [1.165, 1.54) is 0 Å². The highest BCUT2D eigenvalue weighted by atomic mass is 19.1. The smallest absolute Gasteiger partial charge is 0.338 e. The van der Waals surface area contributed by atoms with E-state index in [1.807, 2.05) is 11.9 Å². The lowest BCUT2D eigenvalue weighted by Gasteiger charge is -2.20. The highest BCUT2D eigenvalue weighted by Gasteiger charge is 2.32. The molecule has 2 atom stereocenters. The van der Waals surface area contributed by atoms with Crippen molar-refractivity contribution in [1.29, 1.82) is 0 Å². The Balaban J connectivity index is 2.39. The maximum absolute atomic E-state index is 13.9. The van der Waals surface area contributed by atoms with Crippen LogP contribution in [0, 0.1) is 17.6 Å². The molecule has 2 rings (SSSR count). The van der Waals surface area contributed by atoms with Gasteiger partial charge in [-0.25, -0.2) is 13.6 Å². The van der Waals surface area contributed by atoms with Gasteiger partial charge >= 0.3 is 5.97 Å². The Morgan fingerprint density at radius 3 is 2.68 bits per heavy atom. The lowest BCUT2D eigenvalue weighted by atomic mass is 9.97. The fraction of sp³-hybridized carbons (Fsp3) is 0.462. The number of carboxylic acid groups (broad SMARTS) is 1. The molecular formula is C13H16F2N2O2. The van der Waals surface area contributed by atoms with E-state index in [0.29, 0.717) is 19.0 Å². The lowest BCUT2D eigenvalue weighted by Crippen LogP contribution is -2.21. The number of rotatable bonds is 3. The second-order valence-electron chi connectivity index (χ2n) is 4.95. The van der Waals surface area contributed by atoms with Crippen LogP contribution in [0.1, 0.15) is 28.4 Å². The number of carboxylic acids is 1. The van der Waals surface area contributed by atoms with Crippen LogP contribution >= 0.6 is 0 Å². The number of hydrogen-bond acceptors (Lipinski definition) is 3. The van der Waals surface area contributed by atoms with Gasteiger partial charge in [0.2, 0.25) is 0 Å². The van der Waals surface area contributed by atoms with Crippen LogP contribution in [0.4, 0.5) is 8.78 Å². The third-order valence-corrected chi connectivity index (χ3v) is 3.64. The van der Waals surface area contributed by atoms with Crippen molar-refractivity contribution in [3.8, 4) is 0 Å². The summed E-state index contributed by atoms with van der Waals surface area (Å²) in [6, 6.07) is 1.47. The van der Waals surface area contributed by atoms with Gasteiger partial charge in [0.1, 0.15) is 11.6 Å². The molecule has 19 heavy (non-hydrogen) atoms. The Bertz CT molecular complexity index is 508. The molecule has 3 N–H and O–H groups in total. The minimum Gasteiger partial charge on any atom is -0.478 e. The predicted molar refractivity (Wildman–Crippen MR) is 65.8 cm³/mol. The highest BCUT2D eigenvalue weighted by molar-refractivity contribution is 5.88. The van der Waals surface area contributed by atoms with Crippen LogP contribution in [0.2, 0.25) is 0 Å². The van der Waals surface area contributed by atoms with E-state index in [-0.39, 0.29) is 17.5 Å². The van der Waals surface area contributed by atoms with E-state index in [2.05, 4.69) is 0 Å². The summed E-state index contributed by atoms with van der Waals surface area (Å²) in [5.74, 6) is -2.91. The van der Waals surface area contributed by atoms with Gasteiger partial charge < -0.3 is 10.8 Å². The molecule has 1 aromatic rings. The molecule has 0 aliphatic carbocycles. The van der Waals surface area contributed by atoms with Crippen LogP contribution in [0.5, 0.6) is 0 Å². The van der Waals surface area contributed by atoms with E-state index in [9.17, 15) is 13.6 Å². The molecule has 0 saturated carbocycles. The molecule has 0 spiro atoms. The Morgan fingerprint density at radius 2 is 2.16 bits per heavy atom. The third-order valence-electron chi connectivity index (χ3n) is 3.64. The molecule has 2 unspecified atom stereocenters. The molecule has 0 bridgehead atoms. The summed E-state index contributed by atoms with van der Waals surface area (Å²) < 4.78 is 27.2. The molecule has 1 aromatic carbocycles. The standard InChI is InChI=1S/C13H16F2N2O2/c1-17-6-7(5-16)2-12(17)8-3-9(13(18)19)11(15)4-10(8)14/h3-4,7,12H,2,5-6,16H2,1H3,(H,18,19).